The van der Waals surface area contributed by atoms with Gasteiger partial charge >= 0.3 is 68.9 Å². The molecule has 0 saturated carbocycles. The van der Waals surface area contributed by atoms with Crippen molar-refractivity contribution in [3.8, 4) is 0 Å². The summed E-state index contributed by atoms with van der Waals surface area (Å²) in [5.74, 6) is -1.79. The third kappa shape index (κ3) is 3.73. The zero-order chi connectivity index (χ0) is 10.8. The van der Waals surface area contributed by atoms with Gasteiger partial charge in [0.25, 0.3) is 0 Å². The van der Waals surface area contributed by atoms with Crippen LogP contribution in [0.1, 0.15) is 24.2 Å². The molecule has 0 radical (unpaired) electrons. The van der Waals surface area contributed by atoms with E-state index in [0.717, 1.165) is 0 Å². The Balaban J connectivity index is 0.00000196. The van der Waals surface area contributed by atoms with E-state index in [9.17, 15) is 14.7 Å². The topological polar surface area (TPSA) is 57.2 Å². The molecule has 0 heterocycles. The van der Waals surface area contributed by atoms with E-state index in [0.29, 0.717) is 5.56 Å². The van der Waals surface area contributed by atoms with Crippen LogP contribution in [0.4, 0.5) is 0 Å². The van der Waals surface area contributed by atoms with Gasteiger partial charge in [-0.3, -0.25) is 4.79 Å². The van der Waals surface area contributed by atoms with Crippen molar-refractivity contribution < 1.29 is 83.6 Å². The molecule has 1 aromatic rings. The van der Waals surface area contributed by atoms with E-state index in [2.05, 4.69) is 0 Å². The van der Waals surface area contributed by atoms with Crippen LogP contribution in [-0.2, 0) is 4.79 Å². The summed E-state index contributed by atoms with van der Waals surface area (Å²) >= 11 is 0. The molecule has 0 aliphatic heterocycles. The van der Waals surface area contributed by atoms with Crippen LogP contribution in [0.15, 0.2) is 30.3 Å². The molecule has 0 fully saturated rings. The maximum absolute atomic E-state index is 11.7. The molecule has 0 unspecified atom stereocenters. The molecule has 74 valence electrons. The molecular formula is C11H11CsO3. The normalized spacial score (nSPS) is 10.3. The minimum atomic E-state index is -1.47. The van der Waals surface area contributed by atoms with E-state index < -0.39 is 17.2 Å². The Bertz CT molecular complexity index is 357. The van der Waals surface area contributed by atoms with Gasteiger partial charge in [-0.2, -0.15) is 0 Å². The number of carbonyl (C=O) groups is 2. The fourth-order valence-corrected chi connectivity index (χ4v) is 1.04. The summed E-state index contributed by atoms with van der Waals surface area (Å²) < 4.78 is 0. The smallest absolute Gasteiger partial charge is 0.549 e. The van der Waals surface area contributed by atoms with Crippen molar-refractivity contribution in [1.82, 2.24) is 0 Å². The molecule has 0 saturated heterocycles. The predicted octanol–water partition coefficient (Wildman–Crippen LogP) is -2.35. The maximum Gasteiger partial charge on any atom is 1.00 e. The number of benzene rings is 1. The molecule has 15 heavy (non-hydrogen) atoms. The van der Waals surface area contributed by atoms with Crippen molar-refractivity contribution in [1.29, 1.82) is 0 Å². The Morgan fingerprint density at radius 3 is 2.00 bits per heavy atom. The first-order valence-corrected chi connectivity index (χ1v) is 4.27. The summed E-state index contributed by atoms with van der Waals surface area (Å²) in [6.07, 6.45) is 0. The van der Waals surface area contributed by atoms with Crippen LogP contribution in [0, 0.1) is 5.41 Å². The fourth-order valence-electron chi connectivity index (χ4n) is 1.04. The second-order valence-electron chi connectivity index (χ2n) is 3.61. The maximum atomic E-state index is 11.7. The van der Waals surface area contributed by atoms with Crippen molar-refractivity contribution in [2.24, 2.45) is 5.41 Å². The van der Waals surface area contributed by atoms with E-state index in [1.54, 1.807) is 30.3 Å². The van der Waals surface area contributed by atoms with Gasteiger partial charge in [-0.05, 0) is 13.8 Å². The van der Waals surface area contributed by atoms with Crippen LogP contribution in [0.3, 0.4) is 0 Å². The van der Waals surface area contributed by atoms with E-state index >= 15 is 0 Å². The number of hydrogen-bond acceptors (Lipinski definition) is 3. The number of carboxylic acids is 1. The van der Waals surface area contributed by atoms with Gasteiger partial charge in [0.1, 0.15) is 0 Å². The van der Waals surface area contributed by atoms with Gasteiger partial charge in [0, 0.05) is 5.56 Å². The Morgan fingerprint density at radius 1 is 1.13 bits per heavy atom. The summed E-state index contributed by atoms with van der Waals surface area (Å²) in [6, 6.07) is 8.33. The summed E-state index contributed by atoms with van der Waals surface area (Å²) in [7, 11) is 0. The van der Waals surface area contributed by atoms with Crippen LogP contribution in [0.5, 0.6) is 0 Å². The van der Waals surface area contributed by atoms with Crippen molar-refractivity contribution in [3.63, 3.8) is 0 Å². The molecule has 4 heteroatoms. The van der Waals surface area contributed by atoms with Crippen molar-refractivity contribution in [3.05, 3.63) is 35.9 Å². The third-order valence-electron chi connectivity index (χ3n) is 2.11. The van der Waals surface area contributed by atoms with Crippen molar-refractivity contribution in [2.45, 2.75) is 13.8 Å². The minimum Gasteiger partial charge on any atom is -0.549 e. The zero-order valence-corrected chi connectivity index (χ0v) is 15.4. The number of aliphatic carboxylic acids is 1. The molecule has 0 bridgehead atoms. The standard InChI is InChI=1S/C11H12O3.Cs/c1-11(2,10(13)14)9(12)8-6-4-3-5-7-8;/h3-7H,1-2H3,(H,13,14);/q;+1/p-1. The Morgan fingerprint density at radius 2 is 1.60 bits per heavy atom. The van der Waals surface area contributed by atoms with Gasteiger partial charge in [0.2, 0.25) is 0 Å². The van der Waals surface area contributed by atoms with Gasteiger partial charge in [-0.15, -0.1) is 0 Å². The van der Waals surface area contributed by atoms with Gasteiger partial charge in [0.15, 0.2) is 5.78 Å². The van der Waals surface area contributed by atoms with Crippen LogP contribution < -0.4 is 74.0 Å². The SMILES string of the molecule is CC(C)(C(=O)[O-])C(=O)c1ccccc1.[Cs+]. The minimum absolute atomic E-state index is 0. The van der Waals surface area contributed by atoms with Crippen LogP contribution in [-0.4, -0.2) is 11.8 Å². The van der Waals surface area contributed by atoms with Crippen molar-refractivity contribution >= 4 is 11.8 Å². The van der Waals surface area contributed by atoms with Crippen LogP contribution in [0.2, 0.25) is 0 Å². The molecular weight excluding hydrogens is 313 g/mol. The predicted molar refractivity (Wildman–Crippen MR) is 49.6 cm³/mol. The quantitative estimate of drug-likeness (QED) is 0.462. The number of carboxylic acid groups (broad SMARTS) is 1. The molecule has 0 aliphatic rings. The van der Waals surface area contributed by atoms with Crippen LogP contribution >= 0.6 is 0 Å². The monoisotopic (exact) mass is 324 g/mol. The van der Waals surface area contributed by atoms with Gasteiger partial charge in [-0.1, -0.05) is 30.3 Å². The average Bonchev–Trinajstić information content (AvgIpc) is 2.17. The second-order valence-corrected chi connectivity index (χ2v) is 3.61. The Hall–Kier alpha value is 0.412. The number of rotatable bonds is 3. The van der Waals surface area contributed by atoms with Crippen LogP contribution in [0.25, 0.3) is 0 Å². The largest absolute Gasteiger partial charge is 1.00 e. The van der Waals surface area contributed by atoms with E-state index in [1.165, 1.54) is 13.8 Å². The van der Waals surface area contributed by atoms with Gasteiger partial charge in [0.05, 0.1) is 11.4 Å². The molecule has 0 aliphatic carbocycles. The first-order valence-electron chi connectivity index (χ1n) is 4.27. The Labute approximate surface area is 148 Å². The second kappa shape index (κ2) is 6.22. The van der Waals surface area contributed by atoms with Crippen molar-refractivity contribution in [2.75, 3.05) is 0 Å². The third-order valence-corrected chi connectivity index (χ3v) is 2.11. The first kappa shape index (κ1) is 15.4. The summed E-state index contributed by atoms with van der Waals surface area (Å²) in [4.78, 5) is 22.4. The fraction of sp³-hybridized carbons (Fsp3) is 0.273. The number of carbonyl (C=O) groups excluding carboxylic acids is 2. The molecule has 3 nitrogen and oxygen atoms in total. The van der Waals surface area contributed by atoms with E-state index in [-0.39, 0.29) is 68.9 Å². The molecule has 0 atom stereocenters. The molecule has 0 spiro atoms. The molecule has 0 N–H and O–H groups in total. The number of ketones is 1. The zero-order valence-electron chi connectivity index (χ0n) is 9.11. The summed E-state index contributed by atoms with van der Waals surface area (Å²) in [5, 5.41) is 10.7. The van der Waals surface area contributed by atoms with Gasteiger partial charge < -0.3 is 9.90 Å². The number of hydrogen-bond donors (Lipinski definition) is 0. The molecule has 0 amide bonds. The summed E-state index contributed by atoms with van der Waals surface area (Å²) in [6.45, 7) is 2.69. The number of Topliss-reactive ketones (excluding diaryl/α,β-unsaturated/α-hetero) is 1. The Kier molecular flexibility index (Phi) is 6.39. The summed E-state index contributed by atoms with van der Waals surface area (Å²) in [5.41, 5.74) is -1.08. The van der Waals surface area contributed by atoms with E-state index in [4.69, 9.17) is 0 Å². The van der Waals surface area contributed by atoms with E-state index in [1.807, 2.05) is 0 Å². The molecule has 0 aromatic heterocycles. The average molecular weight is 324 g/mol. The van der Waals surface area contributed by atoms with Gasteiger partial charge in [-0.25, -0.2) is 0 Å². The molecule has 1 rings (SSSR count). The first-order chi connectivity index (χ1) is 6.46. The molecule has 1 aromatic carbocycles.